The summed E-state index contributed by atoms with van der Waals surface area (Å²) in [5, 5.41) is 16.9. The van der Waals surface area contributed by atoms with Crippen LogP contribution in [0.15, 0.2) is 65.1 Å². The van der Waals surface area contributed by atoms with Gasteiger partial charge in [0.05, 0.1) is 17.9 Å². The van der Waals surface area contributed by atoms with E-state index < -0.39 is 0 Å². The first-order valence-electron chi connectivity index (χ1n) is 10.2. The zero-order valence-electron chi connectivity index (χ0n) is 18.1. The number of carbonyl (C=O) groups excluding carboxylic acids is 2. The Morgan fingerprint density at radius 1 is 1.00 bits per heavy atom. The molecule has 8 nitrogen and oxygen atoms in total. The third-order valence-corrected chi connectivity index (χ3v) is 6.51. The summed E-state index contributed by atoms with van der Waals surface area (Å²) in [7, 11) is 1.78. The van der Waals surface area contributed by atoms with Gasteiger partial charge in [0.15, 0.2) is 10.3 Å². The average molecular weight is 479 g/mol. The molecule has 2 N–H and O–H groups in total. The molecule has 0 spiro atoms. The highest BCUT2D eigenvalue weighted by atomic mass is 32.2. The standard InChI is InChI=1S/C23H22N6O2S2/c1-15-8-10-16(11-9-15)18-13-32-22(25-18)26-21(31)14-33-23-28-27-19(29(23)2)12-20(30)24-17-6-4-3-5-7-17/h3-11,13H,12,14H2,1-2H3,(H,24,30)(H,25,26,31). The van der Waals surface area contributed by atoms with E-state index in [-0.39, 0.29) is 24.0 Å². The van der Waals surface area contributed by atoms with E-state index >= 15 is 0 Å². The van der Waals surface area contributed by atoms with Crippen LogP contribution in [0.5, 0.6) is 0 Å². The van der Waals surface area contributed by atoms with Gasteiger partial charge in [-0.15, -0.1) is 21.5 Å². The normalized spacial score (nSPS) is 10.7. The topological polar surface area (TPSA) is 102 Å². The minimum atomic E-state index is -0.184. The van der Waals surface area contributed by atoms with Gasteiger partial charge in [0, 0.05) is 23.7 Å². The number of benzene rings is 2. The number of thiazole rings is 1. The van der Waals surface area contributed by atoms with E-state index in [2.05, 4.69) is 25.8 Å². The average Bonchev–Trinajstić information content (AvgIpc) is 3.40. The Morgan fingerprint density at radius 2 is 1.76 bits per heavy atom. The molecule has 0 aliphatic carbocycles. The van der Waals surface area contributed by atoms with Crippen molar-refractivity contribution in [3.8, 4) is 11.3 Å². The van der Waals surface area contributed by atoms with E-state index in [9.17, 15) is 9.59 Å². The fraction of sp³-hybridized carbons (Fsp3) is 0.174. The van der Waals surface area contributed by atoms with Crippen molar-refractivity contribution < 1.29 is 9.59 Å². The number of aryl methyl sites for hydroxylation is 1. The number of carbonyl (C=O) groups is 2. The monoisotopic (exact) mass is 478 g/mol. The van der Waals surface area contributed by atoms with E-state index in [1.54, 1.807) is 11.6 Å². The summed E-state index contributed by atoms with van der Waals surface area (Å²) < 4.78 is 1.72. The maximum atomic E-state index is 12.4. The Morgan fingerprint density at radius 3 is 2.52 bits per heavy atom. The minimum absolute atomic E-state index is 0.0893. The van der Waals surface area contributed by atoms with Gasteiger partial charge in [-0.25, -0.2) is 4.98 Å². The van der Waals surface area contributed by atoms with Gasteiger partial charge in [0.1, 0.15) is 5.82 Å². The van der Waals surface area contributed by atoms with Crippen LogP contribution in [0.4, 0.5) is 10.8 Å². The Hall–Kier alpha value is -3.50. The molecule has 0 unspecified atom stereocenters. The maximum absolute atomic E-state index is 12.4. The van der Waals surface area contributed by atoms with Crippen molar-refractivity contribution >= 4 is 45.7 Å². The molecule has 2 aromatic carbocycles. The third kappa shape index (κ3) is 6.05. The van der Waals surface area contributed by atoms with Gasteiger partial charge in [-0.3, -0.25) is 9.59 Å². The van der Waals surface area contributed by atoms with Crippen LogP contribution in [0.2, 0.25) is 0 Å². The Kier molecular flexibility index (Phi) is 7.16. The predicted molar refractivity (Wildman–Crippen MR) is 131 cm³/mol. The molecule has 168 valence electrons. The number of nitrogens with one attached hydrogen (secondary N) is 2. The summed E-state index contributed by atoms with van der Waals surface area (Å²) in [6.45, 7) is 2.04. The number of aromatic nitrogens is 4. The summed E-state index contributed by atoms with van der Waals surface area (Å²) >= 11 is 2.64. The maximum Gasteiger partial charge on any atom is 0.236 e. The molecule has 2 heterocycles. The second-order valence-electron chi connectivity index (χ2n) is 7.29. The van der Waals surface area contributed by atoms with E-state index in [0.717, 1.165) is 16.9 Å². The highest BCUT2D eigenvalue weighted by Gasteiger charge is 2.15. The molecule has 0 bridgehead atoms. The minimum Gasteiger partial charge on any atom is -0.326 e. The lowest BCUT2D eigenvalue weighted by Gasteiger charge is -2.06. The fourth-order valence-corrected chi connectivity index (χ4v) is 4.43. The van der Waals surface area contributed by atoms with Crippen molar-refractivity contribution in [1.29, 1.82) is 0 Å². The lowest BCUT2D eigenvalue weighted by molar-refractivity contribution is -0.116. The lowest BCUT2D eigenvalue weighted by Crippen LogP contribution is -2.17. The smallest absolute Gasteiger partial charge is 0.236 e. The SMILES string of the molecule is Cc1ccc(-c2csc(NC(=O)CSc3nnc(CC(=O)Nc4ccccc4)n3C)n2)cc1. The molecular formula is C23H22N6O2S2. The number of hydrogen-bond acceptors (Lipinski definition) is 7. The number of nitrogens with zero attached hydrogens (tertiary/aromatic N) is 4. The second-order valence-corrected chi connectivity index (χ2v) is 9.09. The van der Waals surface area contributed by atoms with Gasteiger partial charge >= 0.3 is 0 Å². The quantitative estimate of drug-likeness (QED) is 0.369. The zero-order chi connectivity index (χ0) is 23.2. The number of anilines is 2. The van der Waals surface area contributed by atoms with Gasteiger partial charge in [-0.1, -0.05) is 59.8 Å². The Bertz CT molecular complexity index is 1250. The van der Waals surface area contributed by atoms with Crippen molar-refractivity contribution in [1.82, 2.24) is 19.7 Å². The van der Waals surface area contributed by atoms with Gasteiger partial charge in [-0.2, -0.15) is 0 Å². The van der Waals surface area contributed by atoms with Crippen molar-refractivity contribution in [3.05, 3.63) is 71.4 Å². The third-order valence-electron chi connectivity index (χ3n) is 4.73. The number of amides is 2. The molecule has 4 rings (SSSR count). The molecule has 0 aliphatic heterocycles. The summed E-state index contributed by atoms with van der Waals surface area (Å²) in [5.41, 5.74) is 3.75. The molecule has 10 heteroatoms. The van der Waals surface area contributed by atoms with E-state index in [0.29, 0.717) is 16.1 Å². The predicted octanol–water partition coefficient (Wildman–Crippen LogP) is 4.16. The van der Waals surface area contributed by atoms with Crippen LogP contribution in [0, 0.1) is 6.92 Å². The summed E-state index contributed by atoms with van der Waals surface area (Å²) in [5.74, 6) is 0.311. The zero-order valence-corrected chi connectivity index (χ0v) is 19.7. The van der Waals surface area contributed by atoms with Crippen LogP contribution in [-0.2, 0) is 23.1 Å². The molecular weight excluding hydrogens is 456 g/mol. The van der Waals surface area contributed by atoms with E-state index in [1.807, 2.05) is 66.9 Å². The van der Waals surface area contributed by atoms with Crippen molar-refractivity contribution in [2.24, 2.45) is 7.05 Å². The van der Waals surface area contributed by atoms with E-state index in [4.69, 9.17) is 0 Å². The van der Waals surface area contributed by atoms with Crippen LogP contribution in [0.1, 0.15) is 11.4 Å². The van der Waals surface area contributed by atoms with Crippen molar-refractivity contribution in [2.75, 3.05) is 16.4 Å². The van der Waals surface area contributed by atoms with Gasteiger partial charge < -0.3 is 15.2 Å². The molecule has 2 aromatic heterocycles. The van der Waals surface area contributed by atoms with Crippen LogP contribution < -0.4 is 10.6 Å². The first kappa shape index (κ1) is 22.7. The lowest BCUT2D eigenvalue weighted by atomic mass is 10.1. The molecule has 0 saturated heterocycles. The molecule has 0 atom stereocenters. The summed E-state index contributed by atoms with van der Waals surface area (Å²) in [6.07, 6.45) is 0.0893. The molecule has 0 radical (unpaired) electrons. The van der Waals surface area contributed by atoms with Crippen LogP contribution in [-0.4, -0.2) is 37.3 Å². The largest absolute Gasteiger partial charge is 0.326 e. The van der Waals surface area contributed by atoms with Crippen molar-refractivity contribution in [3.63, 3.8) is 0 Å². The number of hydrogen-bond donors (Lipinski definition) is 2. The second kappa shape index (κ2) is 10.4. The molecule has 4 aromatic rings. The highest BCUT2D eigenvalue weighted by molar-refractivity contribution is 7.99. The van der Waals surface area contributed by atoms with Gasteiger partial charge in [0.2, 0.25) is 11.8 Å². The molecule has 2 amide bonds. The number of thioether (sulfide) groups is 1. The van der Waals surface area contributed by atoms with Crippen molar-refractivity contribution in [2.45, 2.75) is 18.5 Å². The molecule has 0 aliphatic rings. The number of rotatable bonds is 8. The van der Waals surface area contributed by atoms with Gasteiger partial charge in [0.25, 0.3) is 0 Å². The Balaban J connectivity index is 1.29. The van der Waals surface area contributed by atoms with Gasteiger partial charge in [-0.05, 0) is 19.1 Å². The molecule has 33 heavy (non-hydrogen) atoms. The summed E-state index contributed by atoms with van der Waals surface area (Å²) in [6, 6.07) is 17.3. The van der Waals surface area contributed by atoms with E-state index in [1.165, 1.54) is 28.7 Å². The fourth-order valence-electron chi connectivity index (χ4n) is 2.97. The van der Waals surface area contributed by atoms with Crippen LogP contribution in [0.25, 0.3) is 11.3 Å². The highest BCUT2D eigenvalue weighted by Crippen LogP contribution is 2.25. The molecule has 0 saturated carbocycles. The first-order chi connectivity index (χ1) is 16.0. The first-order valence-corrected chi connectivity index (χ1v) is 12.0. The Labute approximate surface area is 199 Å². The summed E-state index contributed by atoms with van der Waals surface area (Å²) in [4.78, 5) is 29.1. The number of para-hydroxylation sites is 1. The van der Waals surface area contributed by atoms with Crippen LogP contribution in [0.3, 0.4) is 0 Å². The molecule has 0 fully saturated rings. The van der Waals surface area contributed by atoms with Crippen LogP contribution >= 0.6 is 23.1 Å².